The first-order chi connectivity index (χ1) is 10.6. The van der Waals surface area contributed by atoms with E-state index in [0.717, 1.165) is 47.4 Å². The van der Waals surface area contributed by atoms with Crippen LogP contribution >= 0.6 is 0 Å². The van der Waals surface area contributed by atoms with Crippen molar-refractivity contribution >= 4 is 22.6 Å². The second-order valence-electron chi connectivity index (χ2n) is 6.31. The summed E-state index contributed by atoms with van der Waals surface area (Å²) in [6.45, 7) is 6.16. The summed E-state index contributed by atoms with van der Waals surface area (Å²) in [6.07, 6.45) is 2.43. The number of nitrogens with zero attached hydrogens (tertiary/aromatic N) is 2. The maximum Gasteiger partial charge on any atom is 0.307 e. The molecule has 1 aromatic carbocycles. The van der Waals surface area contributed by atoms with Gasteiger partial charge in [0.2, 0.25) is 0 Å². The number of hydrogen-bond acceptors (Lipinski definition) is 3. The summed E-state index contributed by atoms with van der Waals surface area (Å²) in [5, 5.41) is 10.4. The predicted octanol–water partition coefficient (Wildman–Crippen LogP) is 3.41. The van der Waals surface area contributed by atoms with E-state index in [0.29, 0.717) is 5.92 Å². The molecule has 1 fully saturated rings. The molecule has 1 N–H and O–H groups in total. The molecule has 0 bridgehead atoms. The number of aliphatic carboxylic acids is 1. The smallest absolute Gasteiger partial charge is 0.307 e. The van der Waals surface area contributed by atoms with Gasteiger partial charge >= 0.3 is 5.97 Å². The van der Waals surface area contributed by atoms with Crippen LogP contribution in [0.1, 0.15) is 31.0 Å². The molecule has 2 aromatic rings. The lowest BCUT2D eigenvalue weighted by atomic mass is 9.96. The molecule has 0 amide bonds. The SMILES string of the molecule is Cc1nc2ccccc2c(N2CCCC(C)C2)c1CC(=O)O. The molecule has 2 heterocycles. The van der Waals surface area contributed by atoms with E-state index in [9.17, 15) is 9.90 Å². The van der Waals surface area contributed by atoms with Crippen molar-refractivity contribution in [2.24, 2.45) is 5.92 Å². The number of pyridine rings is 1. The number of para-hydroxylation sites is 1. The number of aryl methyl sites for hydroxylation is 1. The summed E-state index contributed by atoms with van der Waals surface area (Å²) in [5.74, 6) is -0.162. The monoisotopic (exact) mass is 298 g/mol. The van der Waals surface area contributed by atoms with E-state index in [2.05, 4.69) is 22.9 Å². The first-order valence-electron chi connectivity index (χ1n) is 7.91. The molecule has 1 atom stereocenters. The number of carbonyl (C=O) groups is 1. The highest BCUT2D eigenvalue weighted by atomic mass is 16.4. The summed E-state index contributed by atoms with van der Waals surface area (Å²) < 4.78 is 0. The molecule has 4 heteroatoms. The van der Waals surface area contributed by atoms with Gasteiger partial charge in [-0.2, -0.15) is 0 Å². The minimum atomic E-state index is -0.800. The zero-order valence-electron chi connectivity index (χ0n) is 13.2. The third kappa shape index (κ3) is 2.78. The van der Waals surface area contributed by atoms with E-state index in [-0.39, 0.29) is 6.42 Å². The van der Waals surface area contributed by atoms with Crippen LogP contribution in [0.25, 0.3) is 10.9 Å². The molecular formula is C18H22N2O2. The van der Waals surface area contributed by atoms with Crippen LogP contribution in [0.4, 0.5) is 5.69 Å². The van der Waals surface area contributed by atoms with Crippen LogP contribution < -0.4 is 4.90 Å². The fourth-order valence-corrected chi connectivity index (χ4v) is 3.47. The highest BCUT2D eigenvalue weighted by Crippen LogP contribution is 2.34. The second kappa shape index (κ2) is 5.95. The average molecular weight is 298 g/mol. The van der Waals surface area contributed by atoms with E-state index in [4.69, 9.17) is 0 Å². The van der Waals surface area contributed by atoms with Crippen molar-refractivity contribution in [2.45, 2.75) is 33.1 Å². The van der Waals surface area contributed by atoms with Crippen LogP contribution in [0.5, 0.6) is 0 Å². The fourth-order valence-electron chi connectivity index (χ4n) is 3.47. The number of anilines is 1. The molecule has 22 heavy (non-hydrogen) atoms. The number of piperidine rings is 1. The summed E-state index contributed by atoms with van der Waals surface area (Å²) in [6, 6.07) is 8.04. The Morgan fingerprint density at radius 3 is 2.91 bits per heavy atom. The number of aromatic nitrogens is 1. The summed E-state index contributed by atoms with van der Waals surface area (Å²) in [4.78, 5) is 18.3. The molecule has 0 saturated carbocycles. The van der Waals surface area contributed by atoms with Crippen LogP contribution in [-0.2, 0) is 11.2 Å². The molecule has 1 saturated heterocycles. The van der Waals surface area contributed by atoms with Crippen LogP contribution in [-0.4, -0.2) is 29.1 Å². The molecule has 1 unspecified atom stereocenters. The van der Waals surface area contributed by atoms with Gasteiger partial charge in [0.25, 0.3) is 0 Å². The number of carboxylic acids is 1. The first kappa shape index (κ1) is 14.8. The van der Waals surface area contributed by atoms with Gasteiger partial charge in [-0.1, -0.05) is 25.1 Å². The van der Waals surface area contributed by atoms with E-state index < -0.39 is 5.97 Å². The Balaban J connectivity index is 2.20. The number of carboxylic acid groups (broad SMARTS) is 1. The predicted molar refractivity (Wildman–Crippen MR) is 88.4 cm³/mol. The molecule has 0 aliphatic carbocycles. The zero-order chi connectivity index (χ0) is 15.7. The quantitative estimate of drug-likeness (QED) is 0.943. The Kier molecular flexibility index (Phi) is 4.01. The summed E-state index contributed by atoms with van der Waals surface area (Å²) in [5.41, 5.74) is 3.72. The number of rotatable bonds is 3. The zero-order valence-corrected chi connectivity index (χ0v) is 13.2. The average Bonchev–Trinajstić information content (AvgIpc) is 2.47. The van der Waals surface area contributed by atoms with E-state index in [1.165, 1.54) is 6.42 Å². The van der Waals surface area contributed by atoms with Gasteiger partial charge < -0.3 is 10.0 Å². The lowest BCUT2D eigenvalue weighted by molar-refractivity contribution is -0.136. The van der Waals surface area contributed by atoms with E-state index in [1.54, 1.807) is 0 Å². The van der Waals surface area contributed by atoms with Gasteiger partial charge in [0, 0.05) is 29.7 Å². The maximum atomic E-state index is 11.3. The molecule has 1 aliphatic heterocycles. The summed E-state index contributed by atoms with van der Waals surface area (Å²) in [7, 11) is 0. The van der Waals surface area contributed by atoms with Crippen LogP contribution in [0.3, 0.4) is 0 Å². The molecule has 0 radical (unpaired) electrons. The van der Waals surface area contributed by atoms with E-state index in [1.807, 2.05) is 25.1 Å². The lowest BCUT2D eigenvalue weighted by Crippen LogP contribution is -2.35. The Bertz CT molecular complexity index is 712. The van der Waals surface area contributed by atoms with Crippen molar-refractivity contribution in [3.8, 4) is 0 Å². The minimum Gasteiger partial charge on any atom is -0.481 e. The van der Waals surface area contributed by atoms with Crippen LogP contribution in [0.15, 0.2) is 24.3 Å². The first-order valence-corrected chi connectivity index (χ1v) is 7.91. The van der Waals surface area contributed by atoms with Gasteiger partial charge in [-0.3, -0.25) is 9.78 Å². The van der Waals surface area contributed by atoms with Gasteiger partial charge in [0.15, 0.2) is 0 Å². The summed E-state index contributed by atoms with van der Waals surface area (Å²) >= 11 is 0. The molecule has 1 aromatic heterocycles. The maximum absolute atomic E-state index is 11.3. The fraction of sp³-hybridized carbons (Fsp3) is 0.444. The third-order valence-electron chi connectivity index (χ3n) is 4.47. The number of fused-ring (bicyclic) bond motifs is 1. The number of hydrogen-bond donors (Lipinski definition) is 1. The minimum absolute atomic E-state index is 0.0316. The van der Waals surface area contributed by atoms with Crippen LogP contribution in [0.2, 0.25) is 0 Å². The van der Waals surface area contributed by atoms with Gasteiger partial charge in [-0.25, -0.2) is 0 Å². The van der Waals surface area contributed by atoms with Gasteiger partial charge in [-0.05, 0) is 31.7 Å². The largest absolute Gasteiger partial charge is 0.481 e. The van der Waals surface area contributed by atoms with Crippen molar-refractivity contribution in [1.29, 1.82) is 0 Å². The molecule has 4 nitrogen and oxygen atoms in total. The Morgan fingerprint density at radius 1 is 1.41 bits per heavy atom. The molecular weight excluding hydrogens is 276 g/mol. The molecule has 0 spiro atoms. The third-order valence-corrected chi connectivity index (χ3v) is 4.47. The van der Waals surface area contributed by atoms with Crippen LogP contribution in [0, 0.1) is 12.8 Å². The Hall–Kier alpha value is -2.10. The molecule has 1 aliphatic rings. The molecule has 116 valence electrons. The van der Waals surface area contributed by atoms with Crippen molar-refractivity contribution < 1.29 is 9.90 Å². The lowest BCUT2D eigenvalue weighted by Gasteiger charge is -2.35. The highest BCUT2D eigenvalue weighted by Gasteiger charge is 2.23. The van der Waals surface area contributed by atoms with Crippen molar-refractivity contribution in [2.75, 3.05) is 18.0 Å². The van der Waals surface area contributed by atoms with E-state index >= 15 is 0 Å². The topological polar surface area (TPSA) is 53.4 Å². The van der Waals surface area contributed by atoms with Gasteiger partial charge in [-0.15, -0.1) is 0 Å². The number of benzene rings is 1. The van der Waals surface area contributed by atoms with Gasteiger partial charge in [0.1, 0.15) is 0 Å². The van der Waals surface area contributed by atoms with Gasteiger partial charge in [0.05, 0.1) is 17.6 Å². The normalized spacial score (nSPS) is 18.6. The standard InChI is InChI=1S/C18H22N2O2/c1-12-6-5-9-20(11-12)18-14-7-3-4-8-16(14)19-13(2)15(18)10-17(21)22/h3-4,7-8,12H,5-6,9-11H2,1-2H3,(H,21,22). The van der Waals surface area contributed by atoms with Crippen molar-refractivity contribution in [3.63, 3.8) is 0 Å². The molecule has 3 rings (SSSR count). The second-order valence-corrected chi connectivity index (χ2v) is 6.31. The van der Waals surface area contributed by atoms with Crippen molar-refractivity contribution in [1.82, 2.24) is 4.98 Å². The Labute approximate surface area is 130 Å². The Morgan fingerprint density at radius 2 is 2.18 bits per heavy atom. The highest BCUT2D eigenvalue weighted by molar-refractivity contribution is 5.95. The van der Waals surface area contributed by atoms with Crippen molar-refractivity contribution in [3.05, 3.63) is 35.5 Å².